The van der Waals surface area contributed by atoms with Crippen molar-refractivity contribution in [2.45, 2.75) is 83.6 Å². The molecule has 2 aromatic rings. The van der Waals surface area contributed by atoms with Crippen LogP contribution < -0.4 is 5.32 Å². The standard InChI is InChI=1S/C21H30ClN3O3/c1-20(2,3)28-19(26)23-14-7-9-15(10-8-14)25-17-11-6-13(22)12-16(17)24-18(25)21(4,5)27/h6,11-12,14-15,27H,7-10H2,1-5H3,(H,23,26). The van der Waals surface area contributed by atoms with Crippen molar-refractivity contribution in [2.24, 2.45) is 0 Å². The third kappa shape index (κ3) is 4.78. The Morgan fingerprint density at radius 2 is 1.86 bits per heavy atom. The topological polar surface area (TPSA) is 76.4 Å². The highest BCUT2D eigenvalue weighted by molar-refractivity contribution is 6.31. The maximum atomic E-state index is 12.0. The number of amides is 1. The van der Waals surface area contributed by atoms with E-state index in [1.165, 1.54) is 0 Å². The second-order valence-electron chi connectivity index (χ2n) is 9.15. The summed E-state index contributed by atoms with van der Waals surface area (Å²) in [5.41, 5.74) is 0.209. The largest absolute Gasteiger partial charge is 0.444 e. The van der Waals surface area contributed by atoms with Crippen molar-refractivity contribution in [1.82, 2.24) is 14.9 Å². The van der Waals surface area contributed by atoms with Gasteiger partial charge in [-0.3, -0.25) is 0 Å². The first-order valence-electron chi connectivity index (χ1n) is 9.84. The molecule has 1 saturated carbocycles. The van der Waals surface area contributed by atoms with Crippen LogP contribution in [0.1, 0.15) is 72.2 Å². The number of nitrogens with zero attached hydrogens (tertiary/aromatic N) is 2. The van der Waals surface area contributed by atoms with E-state index in [2.05, 4.69) is 14.9 Å². The fraction of sp³-hybridized carbons (Fsp3) is 0.619. The number of hydrogen-bond donors (Lipinski definition) is 2. The fourth-order valence-electron chi connectivity index (χ4n) is 3.83. The van der Waals surface area contributed by atoms with E-state index in [-0.39, 0.29) is 18.2 Å². The van der Waals surface area contributed by atoms with Gasteiger partial charge in [0.2, 0.25) is 0 Å². The number of halogens is 1. The summed E-state index contributed by atoms with van der Waals surface area (Å²) < 4.78 is 7.51. The Balaban J connectivity index is 1.77. The van der Waals surface area contributed by atoms with E-state index in [1.54, 1.807) is 13.8 Å². The number of nitrogens with one attached hydrogen (secondary N) is 1. The molecule has 0 atom stereocenters. The normalized spacial score (nSPS) is 21.0. The van der Waals surface area contributed by atoms with Gasteiger partial charge in [-0.25, -0.2) is 9.78 Å². The molecule has 0 spiro atoms. The van der Waals surface area contributed by atoms with Gasteiger partial charge in [-0.15, -0.1) is 0 Å². The van der Waals surface area contributed by atoms with E-state index in [1.807, 2.05) is 39.0 Å². The molecule has 1 aromatic heterocycles. The molecule has 7 heteroatoms. The van der Waals surface area contributed by atoms with Crippen molar-refractivity contribution >= 4 is 28.7 Å². The molecule has 1 heterocycles. The first-order valence-corrected chi connectivity index (χ1v) is 10.2. The second kappa shape index (κ2) is 7.56. The number of hydrogen-bond acceptors (Lipinski definition) is 4. The molecule has 0 bridgehead atoms. The molecular formula is C21H30ClN3O3. The van der Waals surface area contributed by atoms with Crippen molar-refractivity contribution in [3.8, 4) is 0 Å². The molecule has 154 valence electrons. The number of alkyl carbamates (subject to hydrolysis) is 1. The van der Waals surface area contributed by atoms with Crippen LogP contribution in [0.3, 0.4) is 0 Å². The van der Waals surface area contributed by atoms with E-state index in [0.29, 0.717) is 10.8 Å². The summed E-state index contributed by atoms with van der Waals surface area (Å²) in [4.78, 5) is 16.7. The number of ether oxygens (including phenoxy) is 1. The monoisotopic (exact) mass is 407 g/mol. The molecule has 0 radical (unpaired) electrons. The van der Waals surface area contributed by atoms with Crippen LogP contribution in [-0.4, -0.2) is 32.4 Å². The molecule has 0 aliphatic heterocycles. The van der Waals surface area contributed by atoms with Gasteiger partial charge in [0.1, 0.15) is 17.0 Å². The molecule has 2 N–H and O–H groups in total. The average molecular weight is 408 g/mol. The van der Waals surface area contributed by atoms with Gasteiger partial charge in [0.25, 0.3) is 0 Å². The van der Waals surface area contributed by atoms with E-state index < -0.39 is 11.2 Å². The molecule has 0 unspecified atom stereocenters. The highest BCUT2D eigenvalue weighted by Gasteiger charge is 2.32. The van der Waals surface area contributed by atoms with Crippen LogP contribution in [0.2, 0.25) is 5.02 Å². The molecule has 1 aliphatic rings. The molecular weight excluding hydrogens is 378 g/mol. The van der Waals surface area contributed by atoms with Crippen LogP contribution in [0.15, 0.2) is 18.2 Å². The Morgan fingerprint density at radius 3 is 2.43 bits per heavy atom. The molecule has 3 rings (SSSR count). The van der Waals surface area contributed by atoms with Gasteiger partial charge in [-0.05, 0) is 78.5 Å². The number of carbonyl (C=O) groups is 1. The molecule has 1 aliphatic carbocycles. The lowest BCUT2D eigenvalue weighted by Gasteiger charge is -2.33. The predicted octanol–water partition coefficient (Wildman–Crippen LogP) is 4.93. The SMILES string of the molecule is CC(C)(C)OC(=O)NC1CCC(n2c(C(C)(C)O)nc3cc(Cl)ccc32)CC1. The van der Waals surface area contributed by atoms with Crippen molar-refractivity contribution < 1.29 is 14.6 Å². The zero-order valence-electron chi connectivity index (χ0n) is 17.3. The Bertz CT molecular complexity index is 856. The highest BCUT2D eigenvalue weighted by atomic mass is 35.5. The minimum absolute atomic E-state index is 0.0981. The second-order valence-corrected chi connectivity index (χ2v) is 9.59. The maximum absolute atomic E-state index is 12.0. The van der Waals surface area contributed by atoms with Gasteiger partial charge in [0, 0.05) is 17.1 Å². The lowest BCUT2D eigenvalue weighted by atomic mass is 9.90. The predicted molar refractivity (Wildman–Crippen MR) is 111 cm³/mol. The number of aromatic nitrogens is 2. The summed E-state index contributed by atoms with van der Waals surface area (Å²) in [6, 6.07) is 5.96. The van der Waals surface area contributed by atoms with E-state index in [4.69, 9.17) is 16.3 Å². The number of imidazole rings is 1. The number of benzene rings is 1. The summed E-state index contributed by atoms with van der Waals surface area (Å²) in [5, 5.41) is 14.3. The summed E-state index contributed by atoms with van der Waals surface area (Å²) in [5.74, 6) is 0.647. The molecule has 0 saturated heterocycles. The van der Waals surface area contributed by atoms with Crippen molar-refractivity contribution in [1.29, 1.82) is 0 Å². The van der Waals surface area contributed by atoms with E-state index in [0.717, 1.165) is 36.7 Å². The molecule has 28 heavy (non-hydrogen) atoms. The Hall–Kier alpha value is -1.79. The minimum atomic E-state index is -1.06. The van der Waals surface area contributed by atoms with Crippen LogP contribution in [0.4, 0.5) is 4.79 Å². The lowest BCUT2D eigenvalue weighted by molar-refractivity contribution is 0.0484. The smallest absolute Gasteiger partial charge is 0.407 e. The van der Waals surface area contributed by atoms with Crippen LogP contribution in [0, 0.1) is 0 Å². The first-order chi connectivity index (χ1) is 12.9. The van der Waals surface area contributed by atoms with Crippen LogP contribution in [0.25, 0.3) is 11.0 Å². The van der Waals surface area contributed by atoms with E-state index in [9.17, 15) is 9.90 Å². The molecule has 1 aromatic carbocycles. The van der Waals surface area contributed by atoms with Gasteiger partial charge in [-0.1, -0.05) is 11.6 Å². The molecule has 6 nitrogen and oxygen atoms in total. The fourth-order valence-corrected chi connectivity index (χ4v) is 3.99. The Kier molecular flexibility index (Phi) is 5.65. The summed E-state index contributed by atoms with van der Waals surface area (Å²) in [7, 11) is 0. The summed E-state index contributed by atoms with van der Waals surface area (Å²) in [6.45, 7) is 9.08. The van der Waals surface area contributed by atoms with Gasteiger partial charge in [0.05, 0.1) is 11.0 Å². The zero-order chi connectivity index (χ0) is 20.7. The van der Waals surface area contributed by atoms with Gasteiger partial charge in [0.15, 0.2) is 0 Å². The van der Waals surface area contributed by atoms with Crippen LogP contribution in [-0.2, 0) is 10.3 Å². The van der Waals surface area contributed by atoms with Crippen molar-refractivity contribution in [3.05, 3.63) is 29.0 Å². The van der Waals surface area contributed by atoms with Gasteiger partial charge >= 0.3 is 6.09 Å². The third-order valence-electron chi connectivity index (χ3n) is 4.98. The summed E-state index contributed by atoms with van der Waals surface area (Å²) in [6.07, 6.45) is 3.11. The third-order valence-corrected chi connectivity index (χ3v) is 5.22. The van der Waals surface area contributed by atoms with Gasteiger partial charge < -0.3 is 19.7 Å². The van der Waals surface area contributed by atoms with Crippen LogP contribution >= 0.6 is 11.6 Å². The Labute approximate surface area is 171 Å². The minimum Gasteiger partial charge on any atom is -0.444 e. The summed E-state index contributed by atoms with van der Waals surface area (Å²) >= 11 is 6.13. The van der Waals surface area contributed by atoms with Gasteiger partial charge in [-0.2, -0.15) is 0 Å². The maximum Gasteiger partial charge on any atom is 0.407 e. The zero-order valence-corrected chi connectivity index (χ0v) is 18.0. The average Bonchev–Trinajstić information content (AvgIpc) is 2.92. The number of fused-ring (bicyclic) bond motifs is 1. The van der Waals surface area contributed by atoms with Crippen LogP contribution in [0.5, 0.6) is 0 Å². The quantitative estimate of drug-likeness (QED) is 0.756. The number of rotatable bonds is 3. The highest BCUT2D eigenvalue weighted by Crippen LogP contribution is 2.36. The number of carbonyl (C=O) groups excluding carboxylic acids is 1. The number of aliphatic hydroxyl groups is 1. The van der Waals surface area contributed by atoms with Crippen molar-refractivity contribution in [2.75, 3.05) is 0 Å². The Morgan fingerprint density at radius 1 is 1.21 bits per heavy atom. The van der Waals surface area contributed by atoms with E-state index >= 15 is 0 Å². The molecule has 1 amide bonds. The lowest BCUT2D eigenvalue weighted by Crippen LogP contribution is -2.41. The molecule has 1 fully saturated rings. The van der Waals surface area contributed by atoms with Crippen molar-refractivity contribution in [3.63, 3.8) is 0 Å². The first kappa shape index (κ1) is 20.9.